The Balaban J connectivity index is 2.32. The molecular formula is C13H17N3O3S. The summed E-state index contributed by atoms with van der Waals surface area (Å²) in [6.07, 6.45) is 3.07. The number of sulfonamides is 1. The van der Waals surface area contributed by atoms with Gasteiger partial charge in [-0.05, 0) is 25.1 Å². The zero-order valence-electron chi connectivity index (χ0n) is 11.4. The van der Waals surface area contributed by atoms with Crippen molar-refractivity contribution in [2.24, 2.45) is 5.73 Å². The minimum absolute atomic E-state index is 0.0774. The highest BCUT2D eigenvalue weighted by Gasteiger charge is 2.24. The number of nitrogens with two attached hydrogens (primary N) is 1. The molecule has 2 heterocycles. The second-order valence-corrected chi connectivity index (χ2v) is 6.43. The van der Waals surface area contributed by atoms with E-state index in [0.29, 0.717) is 11.5 Å². The molecule has 0 bridgehead atoms. The maximum absolute atomic E-state index is 12.5. The van der Waals surface area contributed by atoms with Gasteiger partial charge < -0.3 is 10.2 Å². The summed E-state index contributed by atoms with van der Waals surface area (Å²) in [6.45, 7) is 2.11. The smallest absolute Gasteiger partial charge is 0.244 e. The van der Waals surface area contributed by atoms with E-state index in [0.717, 1.165) is 5.56 Å². The average molecular weight is 295 g/mol. The molecule has 2 rings (SSSR count). The second kappa shape index (κ2) is 5.74. The standard InChI is InChI=1S/C13H17N3O3S/c1-10-11(5-7-19-10)9-16(2)20(17,18)13-4-3-6-15-12(13)8-14/h3-7H,8-9,14H2,1-2H3. The van der Waals surface area contributed by atoms with Crippen molar-refractivity contribution in [1.82, 2.24) is 9.29 Å². The van der Waals surface area contributed by atoms with Crippen molar-refractivity contribution in [3.63, 3.8) is 0 Å². The molecule has 0 atom stereocenters. The van der Waals surface area contributed by atoms with Gasteiger partial charge in [0.25, 0.3) is 0 Å². The van der Waals surface area contributed by atoms with E-state index in [4.69, 9.17) is 10.2 Å². The van der Waals surface area contributed by atoms with Gasteiger partial charge in [-0.3, -0.25) is 4.98 Å². The molecule has 0 aliphatic carbocycles. The van der Waals surface area contributed by atoms with E-state index in [1.165, 1.54) is 23.6 Å². The number of nitrogens with zero attached hydrogens (tertiary/aromatic N) is 2. The monoisotopic (exact) mass is 295 g/mol. The highest BCUT2D eigenvalue weighted by molar-refractivity contribution is 7.89. The molecule has 0 amide bonds. The molecule has 0 aliphatic rings. The lowest BCUT2D eigenvalue weighted by atomic mass is 10.3. The van der Waals surface area contributed by atoms with Crippen LogP contribution in [0.5, 0.6) is 0 Å². The second-order valence-electron chi connectivity index (χ2n) is 4.42. The quantitative estimate of drug-likeness (QED) is 0.897. The van der Waals surface area contributed by atoms with Crippen molar-refractivity contribution < 1.29 is 12.8 Å². The predicted octanol–water partition coefficient (Wildman–Crippen LogP) is 1.26. The van der Waals surface area contributed by atoms with Gasteiger partial charge in [-0.1, -0.05) is 0 Å². The van der Waals surface area contributed by atoms with E-state index in [2.05, 4.69) is 4.98 Å². The van der Waals surface area contributed by atoms with Crippen LogP contribution in [0.1, 0.15) is 17.0 Å². The largest absolute Gasteiger partial charge is 0.469 e. The van der Waals surface area contributed by atoms with Gasteiger partial charge in [-0.15, -0.1) is 0 Å². The summed E-state index contributed by atoms with van der Waals surface area (Å²) in [7, 11) is -2.10. The van der Waals surface area contributed by atoms with Crippen LogP contribution in [0.3, 0.4) is 0 Å². The van der Waals surface area contributed by atoms with Crippen LogP contribution >= 0.6 is 0 Å². The summed E-state index contributed by atoms with van der Waals surface area (Å²) < 4.78 is 31.5. The Morgan fingerprint density at radius 3 is 2.75 bits per heavy atom. The van der Waals surface area contributed by atoms with Gasteiger partial charge in [0.2, 0.25) is 10.0 Å². The Labute approximate surface area is 118 Å². The number of aryl methyl sites for hydroxylation is 1. The molecule has 7 heteroatoms. The Kier molecular flexibility index (Phi) is 4.22. The van der Waals surface area contributed by atoms with Gasteiger partial charge in [0.05, 0.1) is 12.0 Å². The van der Waals surface area contributed by atoms with Gasteiger partial charge in [-0.2, -0.15) is 4.31 Å². The number of hydrogen-bond acceptors (Lipinski definition) is 5. The first-order valence-electron chi connectivity index (χ1n) is 6.10. The summed E-state index contributed by atoms with van der Waals surface area (Å²) in [5.41, 5.74) is 6.74. The van der Waals surface area contributed by atoms with Crippen LogP contribution in [0.25, 0.3) is 0 Å². The minimum atomic E-state index is -3.63. The molecular weight excluding hydrogens is 278 g/mol. The van der Waals surface area contributed by atoms with Gasteiger partial charge >= 0.3 is 0 Å². The third-order valence-corrected chi connectivity index (χ3v) is 4.97. The maximum Gasteiger partial charge on any atom is 0.244 e. The summed E-state index contributed by atoms with van der Waals surface area (Å²) in [6, 6.07) is 4.86. The maximum atomic E-state index is 12.5. The van der Waals surface area contributed by atoms with Crippen molar-refractivity contribution in [1.29, 1.82) is 0 Å². The third kappa shape index (κ3) is 2.74. The highest BCUT2D eigenvalue weighted by atomic mass is 32.2. The third-order valence-electron chi connectivity index (χ3n) is 3.09. The molecule has 0 radical (unpaired) electrons. The molecule has 108 valence electrons. The van der Waals surface area contributed by atoms with E-state index < -0.39 is 10.0 Å². The summed E-state index contributed by atoms with van der Waals surface area (Å²) in [5, 5.41) is 0. The van der Waals surface area contributed by atoms with Crippen molar-refractivity contribution in [2.45, 2.75) is 24.9 Å². The van der Waals surface area contributed by atoms with Gasteiger partial charge in [0.1, 0.15) is 10.7 Å². The van der Waals surface area contributed by atoms with Crippen LogP contribution in [0.2, 0.25) is 0 Å². The van der Waals surface area contributed by atoms with Gasteiger partial charge in [-0.25, -0.2) is 8.42 Å². The number of aromatic nitrogens is 1. The van der Waals surface area contributed by atoms with Crippen LogP contribution < -0.4 is 5.73 Å². The van der Waals surface area contributed by atoms with Crippen molar-refractivity contribution >= 4 is 10.0 Å². The number of pyridine rings is 1. The first-order valence-corrected chi connectivity index (χ1v) is 7.54. The van der Waals surface area contributed by atoms with Crippen LogP contribution in [0.4, 0.5) is 0 Å². The molecule has 6 nitrogen and oxygen atoms in total. The molecule has 2 aromatic rings. The van der Waals surface area contributed by atoms with Crippen molar-refractivity contribution in [3.8, 4) is 0 Å². The molecule has 2 N–H and O–H groups in total. The van der Waals surface area contributed by atoms with E-state index in [9.17, 15) is 8.42 Å². The summed E-state index contributed by atoms with van der Waals surface area (Å²) in [5.74, 6) is 0.706. The molecule has 0 fully saturated rings. The first-order chi connectivity index (χ1) is 9.46. The van der Waals surface area contributed by atoms with E-state index in [1.807, 2.05) is 0 Å². The lowest BCUT2D eigenvalue weighted by molar-refractivity contribution is 0.458. The van der Waals surface area contributed by atoms with E-state index in [-0.39, 0.29) is 18.0 Å². The minimum Gasteiger partial charge on any atom is -0.469 e. The van der Waals surface area contributed by atoms with Crippen LogP contribution in [0, 0.1) is 6.92 Å². The van der Waals surface area contributed by atoms with Crippen molar-refractivity contribution in [3.05, 3.63) is 47.7 Å². The first kappa shape index (κ1) is 14.7. The number of hydrogen-bond donors (Lipinski definition) is 1. The highest BCUT2D eigenvalue weighted by Crippen LogP contribution is 2.20. The Hall–Kier alpha value is -1.70. The number of rotatable bonds is 5. The fourth-order valence-corrected chi connectivity index (χ4v) is 3.21. The van der Waals surface area contributed by atoms with Gasteiger partial charge in [0, 0.05) is 31.9 Å². The SMILES string of the molecule is Cc1occc1CN(C)S(=O)(=O)c1cccnc1CN. The fourth-order valence-electron chi connectivity index (χ4n) is 1.88. The Morgan fingerprint density at radius 2 is 2.15 bits per heavy atom. The predicted molar refractivity (Wildman–Crippen MR) is 74.2 cm³/mol. The normalized spacial score (nSPS) is 12.0. The van der Waals surface area contributed by atoms with Crippen molar-refractivity contribution in [2.75, 3.05) is 7.05 Å². The Morgan fingerprint density at radius 1 is 1.40 bits per heavy atom. The molecule has 0 aromatic carbocycles. The Bertz CT molecular complexity index is 694. The molecule has 0 aliphatic heterocycles. The molecule has 0 saturated heterocycles. The van der Waals surface area contributed by atoms with Gasteiger partial charge in [0.15, 0.2) is 0 Å². The molecule has 20 heavy (non-hydrogen) atoms. The van der Waals surface area contributed by atoms with E-state index >= 15 is 0 Å². The summed E-state index contributed by atoms with van der Waals surface area (Å²) >= 11 is 0. The van der Waals surface area contributed by atoms with Crippen LogP contribution in [-0.4, -0.2) is 24.8 Å². The fraction of sp³-hybridized carbons (Fsp3) is 0.308. The average Bonchev–Trinajstić information content (AvgIpc) is 2.84. The molecule has 0 saturated carbocycles. The lowest BCUT2D eigenvalue weighted by Crippen LogP contribution is -2.28. The molecule has 0 unspecified atom stereocenters. The summed E-state index contributed by atoms with van der Waals surface area (Å²) in [4.78, 5) is 4.16. The van der Waals surface area contributed by atoms with Crippen LogP contribution in [-0.2, 0) is 23.1 Å². The zero-order valence-corrected chi connectivity index (χ0v) is 12.2. The molecule has 0 spiro atoms. The molecule has 2 aromatic heterocycles. The number of furan rings is 1. The zero-order chi connectivity index (χ0) is 14.8. The van der Waals surface area contributed by atoms with E-state index in [1.54, 1.807) is 25.3 Å². The van der Waals surface area contributed by atoms with Crippen LogP contribution in [0.15, 0.2) is 40.0 Å². The topological polar surface area (TPSA) is 89.4 Å². The lowest BCUT2D eigenvalue weighted by Gasteiger charge is -2.18.